The quantitative estimate of drug-likeness (QED) is 0.638. The fraction of sp³-hybridized carbons (Fsp3) is 0.0714. The van der Waals surface area contributed by atoms with E-state index in [0.29, 0.717) is 0 Å². The highest BCUT2D eigenvalue weighted by molar-refractivity contribution is 5.85. The Bertz CT molecular complexity index is 593. The molecule has 0 N–H and O–H groups in total. The minimum Gasteiger partial charge on any atom is -0.306 e. The maximum absolute atomic E-state index is 4.58. The second kappa shape index (κ2) is 4.60. The number of nitrogens with zero attached hydrogens (tertiary/aromatic N) is 2. The summed E-state index contributed by atoms with van der Waals surface area (Å²) in [5.74, 6) is 0. The van der Waals surface area contributed by atoms with Crippen LogP contribution in [-0.4, -0.2) is 9.38 Å². The normalized spacial score (nSPS) is 10.2. The Morgan fingerprint density at radius 1 is 1.00 bits per heavy atom. The van der Waals surface area contributed by atoms with Crippen LogP contribution in [0.5, 0.6) is 0 Å². The standard InChI is InChI=1S/C14H12N2.ClH/c1-11-5-7-12(8-6-11)13-10-16-9-3-2-4-14(16)15-13;/h2-10H,1H3;1H. The van der Waals surface area contributed by atoms with E-state index in [-0.39, 0.29) is 12.4 Å². The van der Waals surface area contributed by atoms with Crippen molar-refractivity contribution in [2.75, 3.05) is 0 Å². The topological polar surface area (TPSA) is 17.3 Å². The summed E-state index contributed by atoms with van der Waals surface area (Å²) in [5.41, 5.74) is 4.44. The molecule has 0 aliphatic carbocycles. The molecule has 3 aromatic rings. The molecule has 0 fully saturated rings. The molecule has 0 spiro atoms. The lowest BCUT2D eigenvalue weighted by Crippen LogP contribution is -1.77. The Morgan fingerprint density at radius 2 is 1.76 bits per heavy atom. The Morgan fingerprint density at radius 3 is 2.47 bits per heavy atom. The van der Waals surface area contributed by atoms with Crippen LogP contribution >= 0.6 is 12.4 Å². The Labute approximate surface area is 106 Å². The smallest absolute Gasteiger partial charge is 0.137 e. The van der Waals surface area contributed by atoms with E-state index in [1.54, 1.807) is 0 Å². The van der Waals surface area contributed by atoms with E-state index in [1.807, 2.05) is 28.8 Å². The van der Waals surface area contributed by atoms with Gasteiger partial charge in [0.1, 0.15) is 5.65 Å². The SMILES string of the molecule is Cc1ccc(-c2cn3ccccc3n2)cc1.Cl. The Balaban J connectivity index is 0.00000108. The molecule has 3 heteroatoms. The highest BCUT2D eigenvalue weighted by atomic mass is 35.5. The van der Waals surface area contributed by atoms with Crippen molar-refractivity contribution in [1.29, 1.82) is 0 Å². The van der Waals surface area contributed by atoms with Gasteiger partial charge in [0.2, 0.25) is 0 Å². The van der Waals surface area contributed by atoms with Crippen molar-refractivity contribution in [3.8, 4) is 11.3 Å². The number of halogens is 1. The zero-order valence-electron chi connectivity index (χ0n) is 9.50. The molecule has 17 heavy (non-hydrogen) atoms. The van der Waals surface area contributed by atoms with E-state index in [2.05, 4.69) is 42.4 Å². The highest BCUT2D eigenvalue weighted by Gasteiger charge is 2.02. The minimum atomic E-state index is 0. The zero-order chi connectivity index (χ0) is 11.0. The summed E-state index contributed by atoms with van der Waals surface area (Å²) in [6.45, 7) is 2.09. The molecule has 86 valence electrons. The number of imidazole rings is 1. The molecule has 3 rings (SSSR count). The van der Waals surface area contributed by atoms with Crippen molar-refractivity contribution in [3.63, 3.8) is 0 Å². The summed E-state index contributed by atoms with van der Waals surface area (Å²) in [5, 5.41) is 0. The van der Waals surface area contributed by atoms with E-state index in [4.69, 9.17) is 0 Å². The van der Waals surface area contributed by atoms with Gasteiger partial charge in [0.25, 0.3) is 0 Å². The van der Waals surface area contributed by atoms with Crippen LogP contribution < -0.4 is 0 Å². The summed E-state index contributed by atoms with van der Waals surface area (Å²) in [4.78, 5) is 4.58. The molecule has 0 aliphatic rings. The number of benzene rings is 1. The van der Waals surface area contributed by atoms with Crippen LogP contribution in [0.15, 0.2) is 54.9 Å². The molecule has 0 unspecified atom stereocenters. The van der Waals surface area contributed by atoms with E-state index >= 15 is 0 Å². The Kier molecular flexibility index (Phi) is 3.16. The molecular formula is C14H13ClN2. The molecule has 0 amide bonds. The summed E-state index contributed by atoms with van der Waals surface area (Å²) in [6, 6.07) is 14.5. The monoisotopic (exact) mass is 244 g/mol. The number of aryl methyl sites for hydroxylation is 1. The third-order valence-corrected chi connectivity index (χ3v) is 2.71. The first kappa shape index (κ1) is 11.7. The van der Waals surface area contributed by atoms with Gasteiger partial charge in [-0.3, -0.25) is 0 Å². The van der Waals surface area contributed by atoms with Crippen LogP contribution in [0.4, 0.5) is 0 Å². The third-order valence-electron chi connectivity index (χ3n) is 2.71. The van der Waals surface area contributed by atoms with Gasteiger partial charge in [0.05, 0.1) is 5.69 Å². The van der Waals surface area contributed by atoms with Crippen LogP contribution in [-0.2, 0) is 0 Å². The predicted octanol–water partition coefficient (Wildman–Crippen LogP) is 3.73. The lowest BCUT2D eigenvalue weighted by Gasteiger charge is -1.96. The summed E-state index contributed by atoms with van der Waals surface area (Å²) in [6.07, 6.45) is 4.07. The minimum absolute atomic E-state index is 0. The van der Waals surface area contributed by atoms with Crippen LogP contribution in [0.25, 0.3) is 16.9 Å². The molecule has 0 saturated carbocycles. The second-order valence-corrected chi connectivity index (χ2v) is 3.96. The van der Waals surface area contributed by atoms with Crippen LogP contribution in [0, 0.1) is 6.92 Å². The molecular weight excluding hydrogens is 232 g/mol. The molecule has 2 heterocycles. The maximum Gasteiger partial charge on any atom is 0.137 e. The van der Waals surface area contributed by atoms with Gasteiger partial charge in [0.15, 0.2) is 0 Å². The average molecular weight is 245 g/mol. The molecule has 0 atom stereocenters. The number of aromatic nitrogens is 2. The van der Waals surface area contributed by atoms with Gasteiger partial charge in [-0.2, -0.15) is 0 Å². The number of pyridine rings is 1. The van der Waals surface area contributed by atoms with Gasteiger partial charge < -0.3 is 4.40 Å². The summed E-state index contributed by atoms with van der Waals surface area (Å²) in [7, 11) is 0. The number of rotatable bonds is 1. The van der Waals surface area contributed by atoms with E-state index in [0.717, 1.165) is 16.9 Å². The van der Waals surface area contributed by atoms with Crippen molar-refractivity contribution in [1.82, 2.24) is 9.38 Å². The molecule has 0 saturated heterocycles. The maximum atomic E-state index is 4.58. The van der Waals surface area contributed by atoms with Gasteiger partial charge >= 0.3 is 0 Å². The lowest BCUT2D eigenvalue weighted by atomic mass is 10.1. The highest BCUT2D eigenvalue weighted by Crippen LogP contribution is 2.19. The summed E-state index contributed by atoms with van der Waals surface area (Å²) >= 11 is 0. The molecule has 1 aromatic carbocycles. The fourth-order valence-corrected chi connectivity index (χ4v) is 1.80. The first-order valence-corrected chi connectivity index (χ1v) is 5.34. The molecule has 0 aliphatic heterocycles. The Hall–Kier alpha value is -1.80. The van der Waals surface area contributed by atoms with E-state index in [1.165, 1.54) is 5.56 Å². The molecule has 0 bridgehead atoms. The molecule has 0 radical (unpaired) electrons. The van der Waals surface area contributed by atoms with Crippen LogP contribution in [0.3, 0.4) is 0 Å². The van der Waals surface area contributed by atoms with Gasteiger partial charge in [0, 0.05) is 18.0 Å². The zero-order valence-corrected chi connectivity index (χ0v) is 10.3. The average Bonchev–Trinajstić information content (AvgIpc) is 2.73. The van der Waals surface area contributed by atoms with Gasteiger partial charge in [-0.25, -0.2) is 4.98 Å². The number of hydrogen-bond acceptors (Lipinski definition) is 1. The first-order chi connectivity index (χ1) is 7.83. The van der Waals surface area contributed by atoms with Crippen molar-refractivity contribution >= 4 is 18.1 Å². The van der Waals surface area contributed by atoms with E-state index in [9.17, 15) is 0 Å². The van der Waals surface area contributed by atoms with Gasteiger partial charge in [-0.15, -0.1) is 12.4 Å². The van der Waals surface area contributed by atoms with Gasteiger partial charge in [-0.1, -0.05) is 35.9 Å². The first-order valence-electron chi connectivity index (χ1n) is 5.34. The molecule has 2 aromatic heterocycles. The third kappa shape index (κ3) is 2.17. The second-order valence-electron chi connectivity index (χ2n) is 3.96. The van der Waals surface area contributed by atoms with Crippen molar-refractivity contribution in [2.45, 2.75) is 6.92 Å². The number of fused-ring (bicyclic) bond motifs is 1. The van der Waals surface area contributed by atoms with Crippen molar-refractivity contribution in [2.24, 2.45) is 0 Å². The predicted molar refractivity (Wildman–Crippen MR) is 72.6 cm³/mol. The van der Waals surface area contributed by atoms with Crippen molar-refractivity contribution < 1.29 is 0 Å². The van der Waals surface area contributed by atoms with E-state index < -0.39 is 0 Å². The summed E-state index contributed by atoms with van der Waals surface area (Å²) < 4.78 is 2.04. The van der Waals surface area contributed by atoms with Crippen LogP contribution in [0.2, 0.25) is 0 Å². The lowest BCUT2D eigenvalue weighted by molar-refractivity contribution is 1.19. The number of hydrogen-bond donors (Lipinski definition) is 0. The largest absolute Gasteiger partial charge is 0.306 e. The molecule has 2 nitrogen and oxygen atoms in total. The van der Waals surface area contributed by atoms with Crippen molar-refractivity contribution in [3.05, 3.63) is 60.4 Å². The van der Waals surface area contributed by atoms with Gasteiger partial charge in [-0.05, 0) is 19.1 Å². The fourth-order valence-electron chi connectivity index (χ4n) is 1.80. The van der Waals surface area contributed by atoms with Crippen LogP contribution in [0.1, 0.15) is 5.56 Å².